The number of hydrogen-bond donors (Lipinski definition) is 1. The lowest BCUT2D eigenvalue weighted by Gasteiger charge is -2.29. The highest BCUT2D eigenvalue weighted by molar-refractivity contribution is 5.46. The van der Waals surface area contributed by atoms with Crippen LogP contribution < -0.4 is 15.2 Å². The normalized spacial score (nSPS) is 12.7. The number of nitrogens with zero attached hydrogens (tertiary/aromatic N) is 1. The van der Waals surface area contributed by atoms with Crippen LogP contribution in [0.25, 0.3) is 0 Å². The fraction of sp³-hybridized carbons (Fsp3) is 0.455. The molecule has 144 valence electrons. The summed E-state index contributed by atoms with van der Waals surface area (Å²) in [7, 11) is 3.32. The van der Waals surface area contributed by atoms with Crippen LogP contribution in [0.3, 0.4) is 0 Å². The maximum absolute atomic E-state index is 5.90. The average Bonchev–Trinajstić information content (AvgIpc) is 2.70. The molecule has 1 aliphatic heterocycles. The van der Waals surface area contributed by atoms with Crippen LogP contribution in [0.2, 0.25) is 0 Å². The van der Waals surface area contributed by atoms with E-state index in [-0.39, 0.29) is 0 Å². The fourth-order valence-electron chi connectivity index (χ4n) is 3.01. The number of benzene rings is 2. The first-order valence-electron chi connectivity index (χ1n) is 9.50. The Kier molecular flexibility index (Phi) is 9.60. The Morgan fingerprint density at radius 3 is 2.23 bits per heavy atom. The van der Waals surface area contributed by atoms with Gasteiger partial charge < -0.3 is 15.2 Å². The standard InChI is InChI=1S/C18H22N2O2.2C2H6/c1-21-17-6-3-13(9-18(17)22-2)11-20-8-7-14-4-5-16(19)10-15(14)12-20;2*1-2/h3-6,9-10H,7-8,11-12,19H2,1-2H3;2*1-2H3. The van der Waals surface area contributed by atoms with Crippen molar-refractivity contribution in [2.75, 3.05) is 26.5 Å². The summed E-state index contributed by atoms with van der Waals surface area (Å²) in [6, 6.07) is 12.3. The van der Waals surface area contributed by atoms with Crippen molar-refractivity contribution in [3.8, 4) is 11.5 Å². The van der Waals surface area contributed by atoms with Crippen LogP contribution in [0, 0.1) is 0 Å². The SMILES string of the molecule is CC.CC.COc1ccc(CN2CCc3ccc(N)cc3C2)cc1OC. The molecule has 0 aromatic heterocycles. The van der Waals surface area contributed by atoms with E-state index in [1.165, 1.54) is 16.7 Å². The number of nitrogen functional groups attached to an aromatic ring is 1. The van der Waals surface area contributed by atoms with Gasteiger partial charge in [0.2, 0.25) is 0 Å². The molecule has 26 heavy (non-hydrogen) atoms. The van der Waals surface area contributed by atoms with E-state index in [0.29, 0.717) is 0 Å². The molecule has 0 radical (unpaired) electrons. The summed E-state index contributed by atoms with van der Waals surface area (Å²) in [5, 5.41) is 0. The molecule has 2 N–H and O–H groups in total. The van der Waals surface area contributed by atoms with Crippen LogP contribution >= 0.6 is 0 Å². The summed E-state index contributed by atoms with van der Waals surface area (Å²) in [4.78, 5) is 2.43. The van der Waals surface area contributed by atoms with E-state index in [4.69, 9.17) is 15.2 Å². The lowest BCUT2D eigenvalue weighted by molar-refractivity contribution is 0.245. The molecule has 1 heterocycles. The van der Waals surface area contributed by atoms with Gasteiger partial charge in [-0.3, -0.25) is 4.90 Å². The Hall–Kier alpha value is -2.20. The number of nitrogens with two attached hydrogens (primary N) is 1. The predicted octanol–water partition coefficient (Wildman–Crippen LogP) is 4.90. The molecule has 3 rings (SSSR count). The molecule has 0 unspecified atom stereocenters. The minimum absolute atomic E-state index is 0.767. The van der Waals surface area contributed by atoms with Gasteiger partial charge in [0, 0.05) is 25.3 Å². The molecule has 2 aromatic rings. The summed E-state index contributed by atoms with van der Waals surface area (Å²) in [6.07, 6.45) is 1.07. The first kappa shape index (κ1) is 21.8. The van der Waals surface area contributed by atoms with Gasteiger partial charge in [-0.15, -0.1) is 0 Å². The van der Waals surface area contributed by atoms with Crippen molar-refractivity contribution in [1.82, 2.24) is 4.90 Å². The number of anilines is 1. The van der Waals surface area contributed by atoms with Crippen molar-refractivity contribution in [3.05, 3.63) is 53.1 Å². The topological polar surface area (TPSA) is 47.7 Å². The van der Waals surface area contributed by atoms with E-state index in [1.54, 1.807) is 14.2 Å². The number of fused-ring (bicyclic) bond motifs is 1. The zero-order valence-electron chi connectivity index (χ0n) is 17.1. The van der Waals surface area contributed by atoms with Gasteiger partial charge in [-0.2, -0.15) is 0 Å². The van der Waals surface area contributed by atoms with Gasteiger partial charge in [-0.05, 0) is 47.4 Å². The summed E-state index contributed by atoms with van der Waals surface area (Å²) < 4.78 is 10.7. The Bertz CT molecular complexity index is 671. The number of rotatable bonds is 4. The quantitative estimate of drug-likeness (QED) is 0.790. The van der Waals surface area contributed by atoms with E-state index in [2.05, 4.69) is 23.1 Å². The lowest BCUT2D eigenvalue weighted by atomic mass is 9.98. The predicted molar refractivity (Wildman–Crippen MR) is 111 cm³/mol. The van der Waals surface area contributed by atoms with Gasteiger partial charge in [-0.1, -0.05) is 39.8 Å². The van der Waals surface area contributed by atoms with E-state index in [9.17, 15) is 0 Å². The summed E-state index contributed by atoms with van der Waals surface area (Å²) in [5.74, 6) is 1.55. The Balaban J connectivity index is 0.000000791. The minimum atomic E-state index is 0.767. The van der Waals surface area contributed by atoms with Gasteiger partial charge >= 0.3 is 0 Å². The second kappa shape index (κ2) is 11.4. The monoisotopic (exact) mass is 358 g/mol. The van der Waals surface area contributed by atoms with Gasteiger partial charge in [0.15, 0.2) is 11.5 Å². The van der Waals surface area contributed by atoms with Crippen LogP contribution in [-0.2, 0) is 19.5 Å². The van der Waals surface area contributed by atoms with E-state index >= 15 is 0 Å². The number of hydrogen-bond acceptors (Lipinski definition) is 4. The second-order valence-electron chi connectivity index (χ2n) is 5.68. The molecular formula is C22H34N2O2. The highest BCUT2D eigenvalue weighted by Crippen LogP contribution is 2.29. The van der Waals surface area contributed by atoms with Crippen LogP contribution in [-0.4, -0.2) is 25.7 Å². The number of ether oxygens (including phenoxy) is 2. The molecule has 1 aliphatic rings. The lowest BCUT2D eigenvalue weighted by Crippen LogP contribution is -2.30. The van der Waals surface area contributed by atoms with E-state index in [0.717, 1.165) is 43.2 Å². The summed E-state index contributed by atoms with van der Waals surface area (Å²) in [6.45, 7) is 10.9. The molecule has 4 nitrogen and oxygen atoms in total. The number of methoxy groups -OCH3 is 2. The van der Waals surface area contributed by atoms with Gasteiger partial charge in [0.05, 0.1) is 14.2 Å². The average molecular weight is 359 g/mol. The van der Waals surface area contributed by atoms with Crippen molar-refractivity contribution in [2.24, 2.45) is 0 Å². The molecule has 0 spiro atoms. The first-order valence-corrected chi connectivity index (χ1v) is 9.50. The van der Waals surface area contributed by atoms with E-state index in [1.807, 2.05) is 45.9 Å². The Labute approximate surface area is 158 Å². The van der Waals surface area contributed by atoms with Gasteiger partial charge in [-0.25, -0.2) is 0 Å². The highest BCUT2D eigenvalue weighted by atomic mass is 16.5. The zero-order valence-corrected chi connectivity index (χ0v) is 17.1. The Morgan fingerprint density at radius 1 is 0.885 bits per heavy atom. The third-order valence-electron chi connectivity index (χ3n) is 4.18. The third kappa shape index (κ3) is 5.67. The molecule has 4 heteroatoms. The maximum Gasteiger partial charge on any atom is 0.161 e. The maximum atomic E-state index is 5.90. The first-order chi connectivity index (χ1) is 12.7. The van der Waals surface area contributed by atoms with Crippen molar-refractivity contribution in [1.29, 1.82) is 0 Å². The minimum Gasteiger partial charge on any atom is -0.493 e. The zero-order chi connectivity index (χ0) is 19.5. The molecule has 0 fully saturated rings. The third-order valence-corrected chi connectivity index (χ3v) is 4.18. The molecule has 2 aromatic carbocycles. The van der Waals surface area contributed by atoms with E-state index < -0.39 is 0 Å². The largest absolute Gasteiger partial charge is 0.493 e. The smallest absolute Gasteiger partial charge is 0.161 e. The van der Waals surface area contributed by atoms with Crippen LogP contribution in [0.15, 0.2) is 36.4 Å². The molecule has 0 aliphatic carbocycles. The van der Waals surface area contributed by atoms with Gasteiger partial charge in [0.25, 0.3) is 0 Å². The summed E-state index contributed by atoms with van der Waals surface area (Å²) >= 11 is 0. The van der Waals surface area contributed by atoms with Crippen molar-refractivity contribution >= 4 is 5.69 Å². The fourth-order valence-corrected chi connectivity index (χ4v) is 3.01. The van der Waals surface area contributed by atoms with Crippen molar-refractivity contribution in [2.45, 2.75) is 47.2 Å². The van der Waals surface area contributed by atoms with Crippen LogP contribution in [0.4, 0.5) is 5.69 Å². The van der Waals surface area contributed by atoms with Gasteiger partial charge in [0.1, 0.15) is 0 Å². The van der Waals surface area contributed by atoms with Crippen molar-refractivity contribution in [3.63, 3.8) is 0 Å². The molecular weight excluding hydrogens is 324 g/mol. The van der Waals surface area contributed by atoms with Crippen LogP contribution in [0.1, 0.15) is 44.4 Å². The van der Waals surface area contributed by atoms with Crippen LogP contribution in [0.5, 0.6) is 11.5 Å². The second-order valence-corrected chi connectivity index (χ2v) is 5.68. The molecule has 0 amide bonds. The van der Waals surface area contributed by atoms with Crippen molar-refractivity contribution < 1.29 is 9.47 Å². The molecule has 0 saturated heterocycles. The molecule has 0 saturated carbocycles. The summed E-state index contributed by atoms with van der Waals surface area (Å²) in [5.41, 5.74) is 10.7. The Morgan fingerprint density at radius 2 is 1.58 bits per heavy atom. The highest BCUT2D eigenvalue weighted by Gasteiger charge is 2.17. The molecule has 0 atom stereocenters. The molecule has 0 bridgehead atoms.